The lowest BCUT2D eigenvalue weighted by Gasteiger charge is -2.07. The van der Waals surface area contributed by atoms with Crippen molar-refractivity contribution in [1.29, 1.82) is 0 Å². The summed E-state index contributed by atoms with van der Waals surface area (Å²) in [7, 11) is 0. The van der Waals surface area contributed by atoms with Crippen LogP contribution in [0, 0.1) is 0 Å². The van der Waals surface area contributed by atoms with Crippen LogP contribution in [0.4, 0.5) is 52.7 Å². The average Bonchev–Trinajstić information content (AvgIpc) is 4.07. The van der Waals surface area contributed by atoms with Gasteiger partial charge in [0.05, 0.1) is 22.8 Å². The number of fused-ring (bicyclic) bond motifs is 8. The molecule has 0 unspecified atom stereocenters. The SMILES string of the molecule is FC(F)(F)C[n+]1cccc(-c2c3nc(c(-c4ccc[n+](CC(F)(F)F)c4)c4ccc([nH]4)c(-c4ccc[n+](CC(F)(F)F)c4)c4nc(c(-c5ccc[n+](CC(F)(F)F)c5)c5ccc2[nH]5)C=C4)C=C3)c1. The Bertz CT molecular complexity index is 2890. The Morgan fingerprint density at radius 3 is 0.765 bits per heavy atom. The lowest BCUT2D eigenvalue weighted by molar-refractivity contribution is -0.718. The van der Waals surface area contributed by atoms with E-state index in [0.29, 0.717) is 44.3 Å². The summed E-state index contributed by atoms with van der Waals surface area (Å²) in [5.74, 6) is 0. The first-order valence-corrected chi connectivity index (χ1v) is 20.5. The Labute approximate surface area is 377 Å². The number of nitrogens with one attached hydrogen (secondary N) is 2. The number of aromatic amines is 2. The standard InChI is InChI=1S/C48H34F12N8/c49-45(50,51)25-65-17-1-5-29(21-65)41-33-9-11-35(61-33)42(30-6-2-18-66(22-30)26-46(52,53)54)37-13-15-39(63-37)44(32-8-4-20-68(24-32)28-48(58,59)60)40-16-14-38(64-40)43(36-12-10-34(41)62-36)31-7-3-19-67(23-31)27-47(55,56)57/h1-24,61,64H,25-28H2/q+4. The van der Waals surface area contributed by atoms with E-state index in [-0.39, 0.29) is 45.0 Å². The van der Waals surface area contributed by atoms with Crippen molar-refractivity contribution in [2.45, 2.75) is 50.9 Å². The van der Waals surface area contributed by atoms with Crippen LogP contribution < -0.4 is 18.3 Å². The quantitative estimate of drug-likeness (QED) is 0.118. The molecule has 8 nitrogen and oxygen atoms in total. The summed E-state index contributed by atoms with van der Waals surface area (Å²) >= 11 is 0. The molecule has 9 heterocycles. The molecule has 20 heteroatoms. The van der Waals surface area contributed by atoms with E-state index in [9.17, 15) is 52.7 Å². The van der Waals surface area contributed by atoms with E-state index in [4.69, 9.17) is 9.97 Å². The van der Waals surface area contributed by atoms with Crippen molar-refractivity contribution in [2.24, 2.45) is 0 Å². The van der Waals surface area contributed by atoms with Crippen molar-refractivity contribution in [3.8, 4) is 44.5 Å². The highest BCUT2D eigenvalue weighted by Crippen LogP contribution is 2.38. The Morgan fingerprint density at radius 2 is 0.559 bits per heavy atom. The molecule has 2 aliphatic rings. The number of nitrogens with zero attached hydrogens (tertiary/aromatic N) is 6. The first kappa shape index (κ1) is 45.5. The monoisotopic (exact) mass is 950 g/mol. The molecule has 68 heavy (non-hydrogen) atoms. The van der Waals surface area contributed by atoms with Crippen LogP contribution in [0.2, 0.25) is 0 Å². The number of rotatable bonds is 8. The van der Waals surface area contributed by atoms with Gasteiger partial charge >= 0.3 is 24.7 Å². The molecule has 2 N–H and O–H groups in total. The van der Waals surface area contributed by atoms with E-state index in [0.717, 1.165) is 18.3 Å². The maximum Gasteiger partial charge on any atom is 0.448 e. The van der Waals surface area contributed by atoms with Crippen LogP contribution in [-0.4, -0.2) is 44.6 Å². The lowest BCUT2D eigenvalue weighted by Crippen LogP contribution is -2.40. The largest absolute Gasteiger partial charge is 0.448 e. The molecule has 2 aliphatic heterocycles. The molecule has 0 spiro atoms. The van der Waals surface area contributed by atoms with Crippen LogP contribution in [0.3, 0.4) is 0 Å². The zero-order valence-corrected chi connectivity index (χ0v) is 34.9. The first-order chi connectivity index (χ1) is 32.1. The zero-order chi connectivity index (χ0) is 48.2. The minimum atomic E-state index is -4.59. The van der Waals surface area contributed by atoms with Crippen molar-refractivity contribution in [3.63, 3.8) is 0 Å². The Balaban J connectivity index is 1.42. The van der Waals surface area contributed by atoms with Gasteiger partial charge in [0.15, 0.2) is 49.6 Å². The van der Waals surface area contributed by atoms with Crippen LogP contribution in [0.1, 0.15) is 22.8 Å². The van der Waals surface area contributed by atoms with Crippen LogP contribution >= 0.6 is 0 Å². The Morgan fingerprint density at radius 1 is 0.338 bits per heavy atom. The predicted molar refractivity (Wildman–Crippen MR) is 226 cm³/mol. The number of hydrogen-bond acceptors (Lipinski definition) is 2. The molecule has 8 bridgehead atoms. The molecule has 0 amide bonds. The third-order valence-electron chi connectivity index (χ3n) is 10.8. The normalized spacial score (nSPS) is 13.1. The third kappa shape index (κ3) is 10.3. The molecule has 0 aliphatic carbocycles. The summed E-state index contributed by atoms with van der Waals surface area (Å²) in [6.07, 6.45) is -1.92. The minimum absolute atomic E-state index is 0.220. The molecule has 0 fully saturated rings. The maximum atomic E-state index is 13.7. The molecule has 0 saturated carbocycles. The molecule has 7 aromatic rings. The topological polar surface area (TPSA) is 72.9 Å². The fourth-order valence-corrected chi connectivity index (χ4v) is 8.32. The fourth-order valence-electron chi connectivity index (χ4n) is 8.32. The number of alkyl halides is 12. The van der Waals surface area contributed by atoms with Crippen LogP contribution in [-0.2, 0) is 26.2 Å². The summed E-state index contributed by atoms with van der Waals surface area (Å²) < 4.78 is 169. The molecule has 9 rings (SSSR count). The third-order valence-corrected chi connectivity index (χ3v) is 10.8. The van der Waals surface area contributed by atoms with E-state index in [1.807, 2.05) is 0 Å². The van der Waals surface area contributed by atoms with E-state index in [1.54, 1.807) is 72.8 Å². The lowest BCUT2D eigenvalue weighted by atomic mass is 10.1. The van der Waals surface area contributed by atoms with Gasteiger partial charge in [-0.2, -0.15) is 71.0 Å². The van der Waals surface area contributed by atoms with Gasteiger partial charge in [-0.25, -0.2) is 9.97 Å². The highest BCUT2D eigenvalue weighted by atomic mass is 19.4. The van der Waals surface area contributed by atoms with Gasteiger partial charge in [0.25, 0.3) is 0 Å². The molecule has 0 atom stereocenters. The van der Waals surface area contributed by atoms with Gasteiger partial charge in [-0.3, -0.25) is 0 Å². The van der Waals surface area contributed by atoms with E-state index in [2.05, 4.69) is 9.97 Å². The summed E-state index contributed by atoms with van der Waals surface area (Å²) in [5.41, 5.74) is 4.35. The van der Waals surface area contributed by atoms with E-state index >= 15 is 0 Å². The Hall–Kier alpha value is -7.64. The molecule has 0 saturated heterocycles. The smallest absolute Gasteiger partial charge is 0.354 e. The van der Waals surface area contributed by atoms with Gasteiger partial charge in [-0.1, -0.05) is 0 Å². The van der Waals surface area contributed by atoms with Gasteiger partial charge in [0, 0.05) is 90.8 Å². The van der Waals surface area contributed by atoms with Crippen molar-refractivity contribution in [2.75, 3.05) is 0 Å². The number of H-pyrrole nitrogens is 2. The molecular weight excluding hydrogens is 917 g/mol. The van der Waals surface area contributed by atoms with Crippen molar-refractivity contribution in [1.82, 2.24) is 19.9 Å². The fraction of sp³-hybridized carbons (Fsp3) is 0.167. The van der Waals surface area contributed by atoms with E-state index in [1.165, 1.54) is 73.8 Å². The average molecular weight is 951 g/mol. The van der Waals surface area contributed by atoms with Crippen LogP contribution in [0.5, 0.6) is 0 Å². The maximum absolute atomic E-state index is 13.7. The summed E-state index contributed by atoms with van der Waals surface area (Å²) in [4.78, 5) is 16.6. The second-order valence-corrected chi connectivity index (χ2v) is 16.0. The molecule has 346 valence electrons. The van der Waals surface area contributed by atoms with Gasteiger partial charge in [-0.05, 0) is 72.8 Å². The van der Waals surface area contributed by atoms with Crippen molar-refractivity contribution < 1.29 is 71.0 Å². The summed E-state index contributed by atoms with van der Waals surface area (Å²) in [6, 6.07) is 18.4. The first-order valence-electron chi connectivity index (χ1n) is 20.5. The second-order valence-electron chi connectivity index (χ2n) is 16.0. The van der Waals surface area contributed by atoms with Gasteiger partial charge in [0.1, 0.15) is 0 Å². The minimum Gasteiger partial charge on any atom is -0.354 e. The van der Waals surface area contributed by atoms with Crippen molar-refractivity contribution in [3.05, 3.63) is 145 Å². The number of hydrogen-bond donors (Lipinski definition) is 2. The zero-order valence-electron chi connectivity index (χ0n) is 34.9. The molecule has 0 aromatic carbocycles. The van der Waals surface area contributed by atoms with E-state index < -0.39 is 50.9 Å². The number of aromatic nitrogens is 8. The molecule has 7 aromatic heterocycles. The highest BCUT2D eigenvalue weighted by Gasteiger charge is 2.36. The number of halogens is 12. The summed E-state index contributed by atoms with van der Waals surface area (Å²) in [5, 5.41) is 0. The predicted octanol–water partition coefficient (Wildman–Crippen LogP) is 10.7. The van der Waals surface area contributed by atoms with Crippen molar-refractivity contribution >= 4 is 46.4 Å². The highest BCUT2D eigenvalue weighted by molar-refractivity contribution is 5.99. The van der Waals surface area contributed by atoms with Gasteiger partial charge < -0.3 is 9.97 Å². The van der Waals surface area contributed by atoms with Crippen LogP contribution in [0.15, 0.2) is 122 Å². The molecular formula is C48H34F12N8+4. The summed E-state index contributed by atoms with van der Waals surface area (Å²) in [6.45, 7) is -5.33. The van der Waals surface area contributed by atoms with Crippen LogP contribution in [0.25, 0.3) is 90.9 Å². The Kier molecular flexibility index (Phi) is 11.5. The molecule has 0 radical (unpaired) electrons. The van der Waals surface area contributed by atoms with Gasteiger partial charge in [0.2, 0.25) is 26.2 Å². The van der Waals surface area contributed by atoms with Gasteiger partial charge in [-0.15, -0.1) is 0 Å². The second kappa shape index (κ2) is 17.2. The number of pyridine rings is 4.